The first-order chi connectivity index (χ1) is 11.6. The fourth-order valence-electron chi connectivity index (χ4n) is 1.50. The van der Waals surface area contributed by atoms with Gasteiger partial charge in [0, 0.05) is 12.7 Å². The Bertz CT molecular complexity index is 474. The summed E-state index contributed by atoms with van der Waals surface area (Å²) in [7, 11) is 0. The molecule has 11 heteroatoms. The van der Waals surface area contributed by atoms with Crippen molar-refractivity contribution in [3.05, 3.63) is 0 Å². The lowest BCUT2D eigenvalue weighted by molar-refractivity contribution is -0.130. The zero-order valence-corrected chi connectivity index (χ0v) is 15.1. The number of carbonyl (C=O) groups is 3. The van der Waals surface area contributed by atoms with Crippen LogP contribution in [0.25, 0.3) is 0 Å². The van der Waals surface area contributed by atoms with Crippen LogP contribution in [-0.4, -0.2) is 76.2 Å². The predicted octanol–water partition coefficient (Wildman–Crippen LogP) is -3.02. The average Bonchev–Trinajstić information content (AvgIpc) is 2.53. The zero-order valence-electron chi connectivity index (χ0n) is 14.3. The van der Waals surface area contributed by atoms with Gasteiger partial charge in [0.05, 0.1) is 18.1 Å². The third-order valence-electron chi connectivity index (χ3n) is 3.07. The lowest BCUT2D eigenvalue weighted by atomic mass is 10.1. The summed E-state index contributed by atoms with van der Waals surface area (Å²) < 4.78 is 0. The van der Waals surface area contributed by atoms with Crippen molar-refractivity contribution in [2.45, 2.75) is 51.1 Å². The molecule has 0 aromatic rings. The molecule has 0 rings (SSSR count). The van der Waals surface area contributed by atoms with Crippen molar-refractivity contribution in [1.82, 2.24) is 16.0 Å². The van der Waals surface area contributed by atoms with Gasteiger partial charge in [-0.3, -0.25) is 19.2 Å². The van der Waals surface area contributed by atoms with Gasteiger partial charge in [0.15, 0.2) is 0 Å². The SMILES string of the molecule is CC(=O)NCSC[C@H](NC(=O)[C@@H](N)[C@@H](C)O)C(=O)N[C@H]([C]=O)[C@@H](C)O. The number of amides is 3. The number of nitrogens with one attached hydrogen (secondary N) is 3. The summed E-state index contributed by atoms with van der Waals surface area (Å²) in [6, 6.07) is -3.58. The van der Waals surface area contributed by atoms with Crippen LogP contribution in [0, 0.1) is 0 Å². The minimum atomic E-state index is -1.25. The molecule has 3 amide bonds. The minimum Gasteiger partial charge on any atom is -0.391 e. The van der Waals surface area contributed by atoms with Crippen LogP contribution in [-0.2, 0) is 19.2 Å². The van der Waals surface area contributed by atoms with Gasteiger partial charge in [0.25, 0.3) is 0 Å². The molecule has 0 aromatic carbocycles. The number of aliphatic hydroxyl groups excluding tert-OH is 2. The van der Waals surface area contributed by atoms with Crippen LogP contribution in [0.1, 0.15) is 20.8 Å². The van der Waals surface area contributed by atoms with Crippen molar-refractivity contribution in [3.63, 3.8) is 0 Å². The first-order valence-corrected chi connectivity index (χ1v) is 8.67. The lowest BCUT2D eigenvalue weighted by Gasteiger charge is -2.23. The van der Waals surface area contributed by atoms with Crippen molar-refractivity contribution < 1.29 is 29.4 Å². The molecule has 5 atom stereocenters. The van der Waals surface area contributed by atoms with Crippen LogP contribution in [0.15, 0.2) is 0 Å². The highest BCUT2D eigenvalue weighted by Crippen LogP contribution is 2.04. The molecule has 0 aliphatic carbocycles. The van der Waals surface area contributed by atoms with E-state index in [0.29, 0.717) is 0 Å². The highest BCUT2D eigenvalue weighted by Gasteiger charge is 2.28. The highest BCUT2D eigenvalue weighted by atomic mass is 32.2. The van der Waals surface area contributed by atoms with Gasteiger partial charge in [-0.25, -0.2) is 0 Å². The highest BCUT2D eigenvalue weighted by molar-refractivity contribution is 7.99. The number of thioether (sulfide) groups is 1. The van der Waals surface area contributed by atoms with E-state index in [0.717, 1.165) is 11.8 Å². The van der Waals surface area contributed by atoms with Gasteiger partial charge in [-0.2, -0.15) is 0 Å². The molecule has 0 saturated carbocycles. The van der Waals surface area contributed by atoms with Crippen LogP contribution in [0.5, 0.6) is 0 Å². The Kier molecular flexibility index (Phi) is 11.0. The summed E-state index contributed by atoms with van der Waals surface area (Å²) in [4.78, 5) is 45.8. The van der Waals surface area contributed by atoms with Crippen molar-refractivity contribution in [2.75, 3.05) is 11.6 Å². The quantitative estimate of drug-likeness (QED) is 0.163. The van der Waals surface area contributed by atoms with Gasteiger partial charge in [0.2, 0.25) is 24.0 Å². The molecule has 10 nitrogen and oxygen atoms in total. The second-order valence-corrected chi connectivity index (χ2v) is 6.45. The van der Waals surface area contributed by atoms with Crippen LogP contribution in [0.4, 0.5) is 0 Å². The first-order valence-electron chi connectivity index (χ1n) is 7.52. The molecule has 0 saturated heterocycles. The number of nitrogens with two attached hydrogens (primary N) is 1. The number of aliphatic hydroxyl groups is 2. The molecule has 0 aliphatic heterocycles. The lowest BCUT2D eigenvalue weighted by Crippen LogP contribution is -2.57. The summed E-state index contributed by atoms with van der Waals surface area (Å²) in [6.45, 7) is 3.97. The molecule has 0 heterocycles. The zero-order chi connectivity index (χ0) is 19.6. The summed E-state index contributed by atoms with van der Waals surface area (Å²) >= 11 is 1.15. The topological polar surface area (TPSA) is 171 Å². The van der Waals surface area contributed by atoms with E-state index in [1.54, 1.807) is 0 Å². The number of hydrogen-bond acceptors (Lipinski definition) is 8. The van der Waals surface area contributed by atoms with Crippen molar-refractivity contribution in [1.29, 1.82) is 0 Å². The molecule has 0 unspecified atom stereocenters. The largest absolute Gasteiger partial charge is 0.391 e. The van der Waals surface area contributed by atoms with Gasteiger partial charge in [-0.15, -0.1) is 11.8 Å². The van der Waals surface area contributed by atoms with Gasteiger partial charge in [0.1, 0.15) is 18.1 Å². The molecule has 0 fully saturated rings. The average molecular weight is 377 g/mol. The Balaban J connectivity index is 4.91. The first kappa shape index (κ1) is 23.3. The molecule has 143 valence electrons. The van der Waals surface area contributed by atoms with E-state index < -0.39 is 42.1 Å². The molecule has 0 aromatic heterocycles. The predicted molar refractivity (Wildman–Crippen MR) is 92.0 cm³/mol. The second kappa shape index (κ2) is 11.8. The van der Waals surface area contributed by atoms with E-state index in [2.05, 4.69) is 16.0 Å². The van der Waals surface area contributed by atoms with Crippen LogP contribution < -0.4 is 21.7 Å². The number of carbonyl (C=O) groups excluding carboxylic acids is 4. The molecular formula is C14H25N4O6S. The van der Waals surface area contributed by atoms with Crippen molar-refractivity contribution in [2.24, 2.45) is 5.73 Å². The Labute approximate surface area is 150 Å². The van der Waals surface area contributed by atoms with Crippen molar-refractivity contribution >= 4 is 35.8 Å². The Morgan fingerprint density at radius 2 is 1.72 bits per heavy atom. The fraction of sp³-hybridized carbons (Fsp3) is 0.714. The van der Waals surface area contributed by atoms with Crippen LogP contribution in [0.3, 0.4) is 0 Å². The van der Waals surface area contributed by atoms with E-state index in [1.165, 1.54) is 27.1 Å². The maximum Gasteiger partial charge on any atom is 0.244 e. The van der Waals surface area contributed by atoms with Gasteiger partial charge in [-0.05, 0) is 13.8 Å². The van der Waals surface area contributed by atoms with Crippen LogP contribution in [0.2, 0.25) is 0 Å². The minimum absolute atomic E-state index is 0.0652. The Morgan fingerprint density at radius 1 is 1.12 bits per heavy atom. The smallest absolute Gasteiger partial charge is 0.244 e. The Morgan fingerprint density at radius 3 is 2.16 bits per heavy atom. The second-order valence-electron chi connectivity index (χ2n) is 5.42. The maximum absolute atomic E-state index is 12.3. The molecule has 25 heavy (non-hydrogen) atoms. The maximum atomic E-state index is 12.3. The van der Waals surface area contributed by atoms with Gasteiger partial charge >= 0.3 is 0 Å². The van der Waals surface area contributed by atoms with Gasteiger partial charge < -0.3 is 31.9 Å². The van der Waals surface area contributed by atoms with E-state index >= 15 is 0 Å². The summed E-state index contributed by atoms with van der Waals surface area (Å²) in [6.07, 6.45) is -0.793. The third-order valence-corrected chi connectivity index (χ3v) is 3.99. The van der Waals surface area contributed by atoms with E-state index in [4.69, 9.17) is 5.73 Å². The number of hydrogen-bond donors (Lipinski definition) is 6. The number of rotatable bonds is 11. The van der Waals surface area contributed by atoms with E-state index in [1.807, 2.05) is 0 Å². The third kappa shape index (κ3) is 9.39. The fourth-order valence-corrected chi connectivity index (χ4v) is 2.40. The summed E-state index contributed by atoms with van der Waals surface area (Å²) in [5.41, 5.74) is 5.52. The summed E-state index contributed by atoms with van der Waals surface area (Å²) in [5.74, 6) is -1.46. The van der Waals surface area contributed by atoms with Crippen molar-refractivity contribution in [3.8, 4) is 0 Å². The van der Waals surface area contributed by atoms with Crippen LogP contribution >= 0.6 is 11.8 Å². The summed E-state index contributed by atoms with van der Waals surface area (Å²) in [5, 5.41) is 25.9. The monoisotopic (exact) mass is 377 g/mol. The molecular weight excluding hydrogens is 352 g/mol. The Hall–Kier alpha value is -1.69. The molecule has 0 spiro atoms. The molecule has 1 radical (unpaired) electrons. The normalized spacial score (nSPS) is 16.7. The standard InChI is InChI=1S/C14H25N4O6S/c1-7(20)10(4-19)17-13(23)11(5-25-6-16-9(3)22)18-14(24)12(15)8(2)21/h7-8,10-12,20-21H,5-6,15H2,1-3H3,(H,16,22)(H,17,23)(H,18,24)/t7-,8-,10-,11+,12+/m1/s1. The molecule has 0 bridgehead atoms. The van der Waals surface area contributed by atoms with Gasteiger partial charge in [-0.1, -0.05) is 0 Å². The molecule has 0 aliphatic rings. The van der Waals surface area contributed by atoms with E-state index in [-0.39, 0.29) is 17.5 Å². The van der Waals surface area contributed by atoms with E-state index in [9.17, 15) is 29.4 Å². The molecule has 7 N–H and O–H groups in total.